The fourth-order valence-corrected chi connectivity index (χ4v) is 2.48. The fraction of sp³-hybridized carbons (Fsp3) is 0.368. The molecule has 2 rings (SSSR count). The van der Waals surface area contributed by atoms with Gasteiger partial charge in [-0.2, -0.15) is 0 Å². The summed E-state index contributed by atoms with van der Waals surface area (Å²) in [6, 6.07) is 14.2. The summed E-state index contributed by atoms with van der Waals surface area (Å²) in [5.74, 6) is 0.600. The third-order valence-electron chi connectivity index (χ3n) is 3.90. The van der Waals surface area contributed by atoms with Crippen LogP contribution in [0.15, 0.2) is 48.7 Å². The smallest absolute Gasteiger partial charge is 0.252 e. The number of rotatable bonds is 9. The van der Waals surface area contributed by atoms with Crippen LogP contribution in [0.4, 0.5) is 5.82 Å². The highest BCUT2D eigenvalue weighted by Crippen LogP contribution is 2.18. The topological polar surface area (TPSA) is 66.5 Å². The number of benzene rings is 1. The number of aromatic nitrogens is 1. The average Bonchev–Trinajstić information content (AvgIpc) is 2.63. The summed E-state index contributed by atoms with van der Waals surface area (Å²) in [6.07, 6.45) is 1.58. The molecule has 0 spiro atoms. The predicted octanol–water partition coefficient (Wildman–Crippen LogP) is 2.17. The molecular formula is C19H26N4O2. The van der Waals surface area contributed by atoms with Crippen molar-refractivity contribution in [2.45, 2.75) is 6.04 Å². The summed E-state index contributed by atoms with van der Waals surface area (Å²) in [6.45, 7) is 1.70. The first-order valence-corrected chi connectivity index (χ1v) is 8.30. The number of hydrogen-bond donors (Lipinski definition) is 2. The van der Waals surface area contributed by atoms with E-state index in [1.165, 1.54) is 5.56 Å². The Labute approximate surface area is 149 Å². The lowest BCUT2D eigenvalue weighted by Crippen LogP contribution is -2.27. The van der Waals surface area contributed by atoms with E-state index in [1.54, 1.807) is 19.4 Å². The summed E-state index contributed by atoms with van der Waals surface area (Å²) in [5, 5.41) is 6.11. The van der Waals surface area contributed by atoms with Gasteiger partial charge in [0, 0.05) is 26.4 Å². The summed E-state index contributed by atoms with van der Waals surface area (Å²) >= 11 is 0. The molecule has 6 heteroatoms. The zero-order valence-corrected chi connectivity index (χ0v) is 15.0. The molecule has 1 amide bonds. The van der Waals surface area contributed by atoms with Gasteiger partial charge in [0.15, 0.2) is 0 Å². The van der Waals surface area contributed by atoms with Crippen LogP contribution in [-0.4, -0.2) is 56.7 Å². The Morgan fingerprint density at radius 2 is 1.96 bits per heavy atom. The Bertz CT molecular complexity index is 644. The number of nitrogens with one attached hydrogen (secondary N) is 2. The van der Waals surface area contributed by atoms with Gasteiger partial charge < -0.3 is 20.3 Å². The molecule has 0 aliphatic rings. The van der Waals surface area contributed by atoms with Gasteiger partial charge in [-0.3, -0.25) is 4.79 Å². The number of hydrogen-bond acceptors (Lipinski definition) is 5. The van der Waals surface area contributed by atoms with Crippen LogP contribution in [-0.2, 0) is 4.74 Å². The molecule has 2 N–H and O–H groups in total. The monoisotopic (exact) mass is 342 g/mol. The molecule has 25 heavy (non-hydrogen) atoms. The quantitative estimate of drug-likeness (QED) is 0.684. The number of methoxy groups -OCH3 is 1. The molecular weight excluding hydrogens is 316 g/mol. The van der Waals surface area contributed by atoms with Crippen molar-refractivity contribution in [1.82, 2.24) is 15.2 Å². The van der Waals surface area contributed by atoms with Crippen LogP contribution in [0, 0.1) is 0 Å². The zero-order chi connectivity index (χ0) is 18.1. The second kappa shape index (κ2) is 9.76. The van der Waals surface area contributed by atoms with Crippen LogP contribution in [0.5, 0.6) is 0 Å². The van der Waals surface area contributed by atoms with Crippen molar-refractivity contribution in [2.75, 3.05) is 46.2 Å². The Kier molecular flexibility index (Phi) is 7.37. The van der Waals surface area contributed by atoms with Crippen molar-refractivity contribution in [3.8, 4) is 0 Å². The molecule has 2 aromatic rings. The lowest BCUT2D eigenvalue weighted by Gasteiger charge is -2.25. The van der Waals surface area contributed by atoms with Crippen LogP contribution in [0.25, 0.3) is 0 Å². The van der Waals surface area contributed by atoms with Gasteiger partial charge in [-0.1, -0.05) is 30.3 Å². The van der Waals surface area contributed by atoms with Gasteiger partial charge in [0.05, 0.1) is 18.2 Å². The molecule has 0 saturated carbocycles. The van der Waals surface area contributed by atoms with Crippen molar-refractivity contribution in [3.05, 3.63) is 59.8 Å². The number of anilines is 1. The van der Waals surface area contributed by atoms with E-state index in [2.05, 4.69) is 46.7 Å². The number of pyridine rings is 1. The van der Waals surface area contributed by atoms with Gasteiger partial charge in [-0.25, -0.2) is 4.98 Å². The van der Waals surface area contributed by atoms with Gasteiger partial charge >= 0.3 is 0 Å². The van der Waals surface area contributed by atoms with Crippen molar-refractivity contribution in [1.29, 1.82) is 0 Å². The SMILES string of the molecule is COCCNC(=O)c1ccc(NC[C@H](c2ccccc2)N(C)C)nc1. The first-order valence-electron chi connectivity index (χ1n) is 8.30. The van der Waals surface area contributed by atoms with Crippen molar-refractivity contribution in [3.63, 3.8) is 0 Å². The van der Waals surface area contributed by atoms with E-state index in [4.69, 9.17) is 4.74 Å². The van der Waals surface area contributed by atoms with Gasteiger partial charge in [0.1, 0.15) is 5.82 Å². The number of nitrogens with zero attached hydrogens (tertiary/aromatic N) is 2. The second-order valence-corrected chi connectivity index (χ2v) is 5.95. The lowest BCUT2D eigenvalue weighted by atomic mass is 10.1. The summed E-state index contributed by atoms with van der Waals surface area (Å²) < 4.78 is 4.91. The van der Waals surface area contributed by atoms with Crippen LogP contribution in [0.1, 0.15) is 22.0 Å². The second-order valence-electron chi connectivity index (χ2n) is 5.95. The van der Waals surface area contributed by atoms with E-state index < -0.39 is 0 Å². The first-order chi connectivity index (χ1) is 12.1. The van der Waals surface area contributed by atoms with E-state index >= 15 is 0 Å². The third kappa shape index (κ3) is 5.85. The predicted molar refractivity (Wildman–Crippen MR) is 99.8 cm³/mol. The molecule has 0 fully saturated rings. The zero-order valence-electron chi connectivity index (χ0n) is 15.0. The van der Waals surface area contributed by atoms with Gasteiger partial charge in [0.2, 0.25) is 0 Å². The summed E-state index contributed by atoms with van der Waals surface area (Å²) in [4.78, 5) is 18.4. The molecule has 6 nitrogen and oxygen atoms in total. The molecule has 0 radical (unpaired) electrons. The lowest BCUT2D eigenvalue weighted by molar-refractivity contribution is 0.0937. The van der Waals surface area contributed by atoms with Crippen molar-refractivity contribution >= 4 is 11.7 Å². The molecule has 134 valence electrons. The number of carbonyl (C=O) groups excluding carboxylic acids is 1. The van der Waals surface area contributed by atoms with Gasteiger partial charge in [0.25, 0.3) is 5.91 Å². The Balaban J connectivity index is 1.93. The van der Waals surface area contributed by atoms with E-state index in [0.29, 0.717) is 18.7 Å². The largest absolute Gasteiger partial charge is 0.383 e. The molecule has 0 aliphatic carbocycles. The molecule has 1 aromatic heterocycles. The Morgan fingerprint density at radius 3 is 2.56 bits per heavy atom. The van der Waals surface area contributed by atoms with E-state index in [9.17, 15) is 4.79 Å². The Morgan fingerprint density at radius 1 is 1.20 bits per heavy atom. The van der Waals surface area contributed by atoms with Crippen LogP contribution >= 0.6 is 0 Å². The van der Waals surface area contributed by atoms with E-state index in [0.717, 1.165) is 12.4 Å². The van der Waals surface area contributed by atoms with Gasteiger partial charge in [-0.05, 0) is 31.8 Å². The highest BCUT2D eigenvalue weighted by molar-refractivity contribution is 5.94. The molecule has 1 atom stereocenters. The molecule has 0 bridgehead atoms. The highest BCUT2D eigenvalue weighted by Gasteiger charge is 2.13. The molecule has 0 aliphatic heterocycles. The maximum atomic E-state index is 11.9. The molecule has 0 saturated heterocycles. The number of carbonyl (C=O) groups is 1. The van der Waals surface area contributed by atoms with Crippen LogP contribution < -0.4 is 10.6 Å². The third-order valence-corrected chi connectivity index (χ3v) is 3.90. The maximum absolute atomic E-state index is 11.9. The fourth-order valence-electron chi connectivity index (χ4n) is 2.48. The maximum Gasteiger partial charge on any atom is 0.252 e. The van der Waals surface area contributed by atoms with E-state index in [1.807, 2.05) is 24.3 Å². The molecule has 0 unspecified atom stereocenters. The molecule has 1 aromatic carbocycles. The summed E-state index contributed by atoms with van der Waals surface area (Å²) in [7, 11) is 5.71. The summed E-state index contributed by atoms with van der Waals surface area (Å²) in [5.41, 5.74) is 1.78. The minimum Gasteiger partial charge on any atom is -0.383 e. The van der Waals surface area contributed by atoms with E-state index in [-0.39, 0.29) is 11.9 Å². The van der Waals surface area contributed by atoms with Crippen LogP contribution in [0.3, 0.4) is 0 Å². The highest BCUT2D eigenvalue weighted by atomic mass is 16.5. The first kappa shape index (κ1) is 18.9. The number of ether oxygens (including phenoxy) is 1. The van der Waals surface area contributed by atoms with Gasteiger partial charge in [-0.15, -0.1) is 0 Å². The van der Waals surface area contributed by atoms with Crippen molar-refractivity contribution in [2.24, 2.45) is 0 Å². The van der Waals surface area contributed by atoms with Crippen LogP contribution in [0.2, 0.25) is 0 Å². The average molecular weight is 342 g/mol. The van der Waals surface area contributed by atoms with Crippen molar-refractivity contribution < 1.29 is 9.53 Å². The normalized spacial score (nSPS) is 12.0. The Hall–Kier alpha value is -2.44. The number of likely N-dealkylation sites (N-methyl/N-ethyl adjacent to an activating group) is 1. The number of amides is 1. The minimum absolute atomic E-state index is 0.147. The minimum atomic E-state index is -0.147. The molecule has 1 heterocycles. The standard InChI is InChI=1S/C19H26N4O2/c1-23(2)17(15-7-5-4-6-8-15)14-22-18-10-9-16(13-21-18)19(24)20-11-12-25-3/h4-10,13,17H,11-12,14H2,1-3H3,(H,20,24)(H,21,22)/t17-/m1/s1.